The second-order valence-electron chi connectivity index (χ2n) is 6.86. The number of amides is 2. The van der Waals surface area contributed by atoms with Crippen LogP contribution in [0.2, 0.25) is 5.02 Å². The van der Waals surface area contributed by atoms with Gasteiger partial charge in [-0.25, -0.2) is 9.37 Å². The lowest BCUT2D eigenvalue weighted by atomic mass is 9.87. The molecule has 1 aliphatic heterocycles. The molecule has 148 valence electrons. The second kappa shape index (κ2) is 8.67. The van der Waals surface area contributed by atoms with E-state index in [2.05, 4.69) is 10.3 Å². The minimum atomic E-state index is -0.700. The topological polar surface area (TPSA) is 82.5 Å². The van der Waals surface area contributed by atoms with Gasteiger partial charge >= 0.3 is 0 Å². The number of carbonyl (C=O) groups is 2. The number of halogens is 2. The number of anilines is 1. The number of nitrogens with one attached hydrogen (secondary N) is 1. The van der Waals surface area contributed by atoms with Crippen molar-refractivity contribution < 1.29 is 19.1 Å². The Morgan fingerprint density at radius 2 is 1.93 bits per heavy atom. The van der Waals surface area contributed by atoms with E-state index in [1.54, 1.807) is 17.0 Å². The smallest absolute Gasteiger partial charge is 0.255 e. The lowest BCUT2D eigenvalue weighted by molar-refractivity contribution is -0.114. The van der Waals surface area contributed by atoms with Gasteiger partial charge in [0.25, 0.3) is 5.91 Å². The van der Waals surface area contributed by atoms with Crippen LogP contribution in [0, 0.1) is 11.7 Å². The Bertz CT molecular complexity index is 867. The molecule has 6 nitrogen and oxygen atoms in total. The number of rotatable bonds is 4. The summed E-state index contributed by atoms with van der Waals surface area (Å²) in [5, 5.41) is 13.3. The predicted octanol–water partition coefficient (Wildman–Crippen LogP) is 3.42. The number of aromatic nitrogens is 1. The Balaban J connectivity index is 1.65. The summed E-state index contributed by atoms with van der Waals surface area (Å²) in [7, 11) is 0. The highest BCUT2D eigenvalue weighted by molar-refractivity contribution is 6.33. The third-order valence-electron chi connectivity index (χ3n) is 4.87. The van der Waals surface area contributed by atoms with Crippen molar-refractivity contribution in [1.82, 2.24) is 9.88 Å². The largest absolute Gasteiger partial charge is 0.388 e. The van der Waals surface area contributed by atoms with Gasteiger partial charge in [-0.1, -0.05) is 23.7 Å². The van der Waals surface area contributed by atoms with E-state index in [0.29, 0.717) is 31.5 Å². The molecular weight excluding hydrogens is 385 g/mol. The molecule has 0 saturated carbocycles. The number of carbonyl (C=O) groups excluding carboxylic acids is 2. The summed E-state index contributed by atoms with van der Waals surface area (Å²) in [5.41, 5.74) is 0.946. The quantitative estimate of drug-likeness (QED) is 0.816. The van der Waals surface area contributed by atoms with Crippen LogP contribution in [0.5, 0.6) is 0 Å². The molecule has 0 bridgehead atoms. The monoisotopic (exact) mass is 405 g/mol. The molecule has 1 aliphatic rings. The Morgan fingerprint density at radius 3 is 2.54 bits per heavy atom. The zero-order chi connectivity index (χ0) is 20.3. The van der Waals surface area contributed by atoms with Crippen molar-refractivity contribution in [3.8, 4) is 0 Å². The van der Waals surface area contributed by atoms with Crippen LogP contribution in [0.3, 0.4) is 0 Å². The van der Waals surface area contributed by atoms with Crippen molar-refractivity contribution >= 4 is 29.2 Å². The molecule has 0 radical (unpaired) electrons. The molecular formula is C20H21ClFN3O3. The minimum absolute atomic E-state index is 0.0163. The number of hydrogen-bond acceptors (Lipinski definition) is 4. The van der Waals surface area contributed by atoms with Gasteiger partial charge in [-0.3, -0.25) is 9.59 Å². The zero-order valence-electron chi connectivity index (χ0n) is 15.4. The summed E-state index contributed by atoms with van der Waals surface area (Å²) in [6.45, 7) is 2.29. The fraction of sp³-hybridized carbons (Fsp3) is 0.350. The molecule has 0 aliphatic carbocycles. The molecule has 2 amide bonds. The van der Waals surface area contributed by atoms with Gasteiger partial charge < -0.3 is 15.3 Å². The first-order valence-electron chi connectivity index (χ1n) is 9.01. The molecule has 1 aromatic carbocycles. The number of benzene rings is 1. The van der Waals surface area contributed by atoms with Crippen LogP contribution in [0.15, 0.2) is 36.5 Å². The number of aliphatic hydroxyl groups is 1. The molecule has 2 aromatic rings. The fourth-order valence-electron chi connectivity index (χ4n) is 3.37. The summed E-state index contributed by atoms with van der Waals surface area (Å²) >= 11 is 6.13. The van der Waals surface area contributed by atoms with Gasteiger partial charge in [0.2, 0.25) is 5.91 Å². The van der Waals surface area contributed by atoms with E-state index in [1.165, 1.54) is 31.3 Å². The summed E-state index contributed by atoms with van der Waals surface area (Å²) in [6, 6.07) is 7.28. The molecule has 1 saturated heterocycles. The van der Waals surface area contributed by atoms with Gasteiger partial charge in [-0.05, 0) is 42.5 Å². The predicted molar refractivity (Wildman–Crippen MR) is 104 cm³/mol. The van der Waals surface area contributed by atoms with Gasteiger partial charge in [0.05, 0.1) is 16.7 Å². The molecule has 8 heteroatoms. The zero-order valence-corrected chi connectivity index (χ0v) is 16.1. The Morgan fingerprint density at radius 1 is 1.29 bits per heavy atom. The number of aliphatic hydroxyl groups excluding tert-OH is 1. The Hall–Kier alpha value is -2.51. The Kier molecular flexibility index (Phi) is 6.26. The van der Waals surface area contributed by atoms with Crippen LogP contribution >= 0.6 is 11.6 Å². The number of nitrogens with zero attached hydrogens (tertiary/aromatic N) is 2. The highest BCUT2D eigenvalue weighted by Crippen LogP contribution is 2.32. The molecule has 0 spiro atoms. The first kappa shape index (κ1) is 20.2. The van der Waals surface area contributed by atoms with Crippen LogP contribution in [-0.4, -0.2) is 39.9 Å². The third kappa shape index (κ3) is 4.66. The molecule has 1 aromatic heterocycles. The second-order valence-corrected chi connectivity index (χ2v) is 7.26. The van der Waals surface area contributed by atoms with Crippen molar-refractivity contribution in [2.75, 3.05) is 18.4 Å². The maximum atomic E-state index is 13.1. The van der Waals surface area contributed by atoms with E-state index < -0.39 is 6.10 Å². The van der Waals surface area contributed by atoms with Gasteiger partial charge in [-0.2, -0.15) is 0 Å². The van der Waals surface area contributed by atoms with Gasteiger partial charge in [0, 0.05) is 26.2 Å². The summed E-state index contributed by atoms with van der Waals surface area (Å²) < 4.78 is 13.1. The Labute approximate surface area is 167 Å². The summed E-state index contributed by atoms with van der Waals surface area (Å²) in [4.78, 5) is 29.7. The lowest BCUT2D eigenvalue weighted by Crippen LogP contribution is -2.40. The first-order chi connectivity index (χ1) is 13.3. The van der Waals surface area contributed by atoms with Gasteiger partial charge in [0.15, 0.2) is 0 Å². The van der Waals surface area contributed by atoms with Crippen molar-refractivity contribution in [2.45, 2.75) is 25.9 Å². The molecule has 28 heavy (non-hydrogen) atoms. The molecule has 1 fully saturated rings. The highest BCUT2D eigenvalue weighted by Gasteiger charge is 2.29. The molecule has 3 rings (SSSR count). The van der Waals surface area contributed by atoms with E-state index in [9.17, 15) is 19.1 Å². The average molecular weight is 406 g/mol. The number of piperidine rings is 1. The van der Waals surface area contributed by atoms with Crippen LogP contribution < -0.4 is 5.32 Å². The maximum absolute atomic E-state index is 13.1. The minimum Gasteiger partial charge on any atom is -0.388 e. The third-order valence-corrected chi connectivity index (χ3v) is 5.18. The molecule has 2 heterocycles. The van der Waals surface area contributed by atoms with Crippen LogP contribution in [0.1, 0.15) is 41.8 Å². The van der Waals surface area contributed by atoms with Crippen LogP contribution in [-0.2, 0) is 4.79 Å². The van der Waals surface area contributed by atoms with Crippen molar-refractivity contribution in [2.24, 2.45) is 5.92 Å². The van der Waals surface area contributed by atoms with Crippen LogP contribution in [0.4, 0.5) is 10.2 Å². The number of pyridine rings is 1. The lowest BCUT2D eigenvalue weighted by Gasteiger charge is -2.34. The van der Waals surface area contributed by atoms with Gasteiger partial charge in [0.1, 0.15) is 11.6 Å². The average Bonchev–Trinajstić information content (AvgIpc) is 2.69. The first-order valence-corrected chi connectivity index (χ1v) is 9.39. The number of likely N-dealkylation sites (tertiary alicyclic amines) is 1. The molecule has 1 unspecified atom stereocenters. The van der Waals surface area contributed by atoms with Gasteiger partial charge in [-0.15, -0.1) is 0 Å². The SMILES string of the molecule is CC(=O)Nc1cc(C(=O)N2CCC(C(O)c3ccc(F)cc3)CC2)c(Cl)cn1. The summed E-state index contributed by atoms with van der Waals surface area (Å²) in [5.74, 6) is -0.624. The summed E-state index contributed by atoms with van der Waals surface area (Å²) in [6.07, 6.45) is 1.87. The van der Waals surface area contributed by atoms with Crippen molar-refractivity contribution in [1.29, 1.82) is 0 Å². The van der Waals surface area contributed by atoms with E-state index >= 15 is 0 Å². The van der Waals surface area contributed by atoms with E-state index in [-0.39, 0.29) is 40.0 Å². The standard InChI is InChI=1S/C20H21ClFN3O3/c1-12(26)24-18-10-16(17(21)11-23-18)20(28)25-8-6-14(7-9-25)19(27)13-2-4-15(22)5-3-13/h2-5,10-11,14,19,27H,6-9H2,1H3,(H,23,24,26). The molecule has 1 atom stereocenters. The van der Waals surface area contributed by atoms with Crippen LogP contribution in [0.25, 0.3) is 0 Å². The normalized spacial score (nSPS) is 15.9. The fourth-order valence-corrected chi connectivity index (χ4v) is 3.56. The van der Waals surface area contributed by atoms with E-state index in [1.807, 2.05) is 0 Å². The van der Waals surface area contributed by atoms with E-state index in [4.69, 9.17) is 11.6 Å². The maximum Gasteiger partial charge on any atom is 0.255 e. The van der Waals surface area contributed by atoms with Crippen molar-refractivity contribution in [3.05, 3.63) is 58.5 Å². The molecule has 2 N–H and O–H groups in total. The number of hydrogen-bond donors (Lipinski definition) is 2. The highest BCUT2D eigenvalue weighted by atomic mass is 35.5. The van der Waals surface area contributed by atoms with Crippen molar-refractivity contribution in [3.63, 3.8) is 0 Å². The van der Waals surface area contributed by atoms with E-state index in [0.717, 1.165) is 0 Å².